The third-order valence-electron chi connectivity index (χ3n) is 4.04. The molecule has 1 aromatic carbocycles. The van der Waals surface area contributed by atoms with Gasteiger partial charge in [0.05, 0.1) is 6.10 Å². The number of unbranched alkanes of at least 4 members (excludes halogenated alkanes) is 8. The van der Waals surface area contributed by atoms with Crippen LogP contribution in [-0.2, 0) is 0 Å². The first kappa shape index (κ1) is 17.8. The molecule has 1 N–H and O–H groups in total. The molecule has 1 aromatic rings. The summed E-state index contributed by atoms with van der Waals surface area (Å²) in [5.74, 6) is 2.60. The summed E-state index contributed by atoms with van der Waals surface area (Å²) in [6.07, 6.45) is 17.7. The molecule has 1 nitrogen and oxygen atoms in total. The first-order valence-electron chi connectivity index (χ1n) is 8.52. The second kappa shape index (κ2) is 11.4. The van der Waals surface area contributed by atoms with E-state index in [9.17, 15) is 5.11 Å². The summed E-state index contributed by atoms with van der Waals surface area (Å²) in [5, 5.41) is 10.1. The maximum absolute atomic E-state index is 10.1. The van der Waals surface area contributed by atoms with Gasteiger partial charge in [0.1, 0.15) is 0 Å². The Bertz CT molecular complexity index is 399. The number of rotatable bonds is 11. The molecule has 0 radical (unpaired) electrons. The van der Waals surface area contributed by atoms with Crippen molar-refractivity contribution in [3.8, 4) is 12.3 Å². The van der Waals surface area contributed by atoms with Crippen molar-refractivity contribution in [1.29, 1.82) is 0 Å². The fourth-order valence-electron chi connectivity index (χ4n) is 2.62. The van der Waals surface area contributed by atoms with Crippen LogP contribution in [0.5, 0.6) is 0 Å². The minimum atomic E-state index is -0.346. The normalized spacial score (nSPS) is 12.0. The monoisotopic (exact) mass is 286 g/mol. The molecule has 1 atom stereocenters. The minimum Gasteiger partial charge on any atom is -0.388 e. The lowest BCUT2D eigenvalue weighted by atomic mass is 10.0. The van der Waals surface area contributed by atoms with Gasteiger partial charge in [0.25, 0.3) is 0 Å². The Kier molecular flexibility index (Phi) is 9.66. The summed E-state index contributed by atoms with van der Waals surface area (Å²) >= 11 is 0. The number of aliphatic hydroxyl groups excluding tert-OH is 1. The van der Waals surface area contributed by atoms with Crippen molar-refractivity contribution in [2.75, 3.05) is 0 Å². The van der Waals surface area contributed by atoms with E-state index in [4.69, 9.17) is 6.42 Å². The van der Waals surface area contributed by atoms with Crippen LogP contribution in [0.4, 0.5) is 0 Å². The third-order valence-corrected chi connectivity index (χ3v) is 4.04. The van der Waals surface area contributed by atoms with E-state index in [0.29, 0.717) is 0 Å². The Morgan fingerprint density at radius 1 is 0.905 bits per heavy atom. The van der Waals surface area contributed by atoms with Gasteiger partial charge in [-0.05, 0) is 24.1 Å². The van der Waals surface area contributed by atoms with Crippen molar-refractivity contribution in [1.82, 2.24) is 0 Å². The van der Waals surface area contributed by atoms with E-state index in [1.165, 1.54) is 51.4 Å². The van der Waals surface area contributed by atoms with E-state index in [2.05, 4.69) is 12.8 Å². The van der Waals surface area contributed by atoms with Gasteiger partial charge in [-0.15, -0.1) is 6.42 Å². The Balaban J connectivity index is 2.05. The van der Waals surface area contributed by atoms with E-state index < -0.39 is 0 Å². The van der Waals surface area contributed by atoms with Gasteiger partial charge in [-0.2, -0.15) is 0 Å². The molecule has 0 amide bonds. The molecule has 116 valence electrons. The molecular formula is C20H30O. The third kappa shape index (κ3) is 7.93. The predicted octanol–water partition coefficient (Wildman–Crippen LogP) is 5.62. The highest BCUT2D eigenvalue weighted by atomic mass is 16.3. The number of hydrogen-bond donors (Lipinski definition) is 1. The zero-order valence-electron chi connectivity index (χ0n) is 13.5. The Labute approximate surface area is 130 Å². The van der Waals surface area contributed by atoms with Crippen LogP contribution in [0.15, 0.2) is 24.3 Å². The van der Waals surface area contributed by atoms with Gasteiger partial charge in [-0.1, -0.05) is 82.8 Å². The number of aliphatic hydroxyl groups is 1. The highest BCUT2D eigenvalue weighted by molar-refractivity contribution is 5.34. The van der Waals surface area contributed by atoms with Crippen LogP contribution in [0.1, 0.15) is 88.4 Å². The second-order valence-electron chi connectivity index (χ2n) is 5.90. The molecule has 1 rings (SSSR count). The standard InChI is InChI=1S/C20H30O/c1-3-5-6-7-8-9-10-11-12-13-20(21)19-16-14-18(4-2)15-17-19/h2,14-17,20-21H,3,5-13H2,1H3/t20-/m0/s1. The fourth-order valence-corrected chi connectivity index (χ4v) is 2.62. The largest absolute Gasteiger partial charge is 0.388 e. The highest BCUT2D eigenvalue weighted by Gasteiger charge is 2.06. The van der Waals surface area contributed by atoms with E-state index in [-0.39, 0.29) is 6.10 Å². The van der Waals surface area contributed by atoms with Crippen molar-refractivity contribution in [2.24, 2.45) is 0 Å². The lowest BCUT2D eigenvalue weighted by Gasteiger charge is -2.11. The van der Waals surface area contributed by atoms with Crippen LogP contribution >= 0.6 is 0 Å². The maximum Gasteiger partial charge on any atom is 0.0790 e. The van der Waals surface area contributed by atoms with Crippen LogP contribution in [0.2, 0.25) is 0 Å². The molecule has 1 heteroatoms. The van der Waals surface area contributed by atoms with Gasteiger partial charge in [-0.25, -0.2) is 0 Å². The zero-order valence-corrected chi connectivity index (χ0v) is 13.5. The number of hydrogen-bond acceptors (Lipinski definition) is 1. The number of benzene rings is 1. The van der Waals surface area contributed by atoms with E-state index in [1.54, 1.807) is 0 Å². The van der Waals surface area contributed by atoms with Crippen molar-refractivity contribution >= 4 is 0 Å². The summed E-state index contributed by atoms with van der Waals surface area (Å²) in [6.45, 7) is 2.26. The maximum atomic E-state index is 10.1. The van der Waals surface area contributed by atoms with Crippen LogP contribution in [-0.4, -0.2) is 5.11 Å². The van der Waals surface area contributed by atoms with Gasteiger partial charge in [0.2, 0.25) is 0 Å². The Hall–Kier alpha value is -1.26. The Morgan fingerprint density at radius 2 is 1.43 bits per heavy atom. The molecule has 0 heterocycles. The van der Waals surface area contributed by atoms with Crippen LogP contribution < -0.4 is 0 Å². The molecule has 0 spiro atoms. The van der Waals surface area contributed by atoms with E-state index >= 15 is 0 Å². The first-order chi connectivity index (χ1) is 10.3. The molecule has 0 aliphatic carbocycles. The summed E-state index contributed by atoms with van der Waals surface area (Å²) in [6, 6.07) is 7.67. The topological polar surface area (TPSA) is 20.2 Å². The van der Waals surface area contributed by atoms with E-state index in [1.807, 2.05) is 24.3 Å². The van der Waals surface area contributed by atoms with Crippen LogP contribution in [0.3, 0.4) is 0 Å². The summed E-state index contributed by atoms with van der Waals surface area (Å²) in [5.41, 5.74) is 1.85. The lowest BCUT2D eigenvalue weighted by molar-refractivity contribution is 0.163. The average molecular weight is 286 g/mol. The molecule has 0 bridgehead atoms. The zero-order chi connectivity index (χ0) is 15.3. The van der Waals surface area contributed by atoms with Crippen LogP contribution in [0, 0.1) is 12.3 Å². The van der Waals surface area contributed by atoms with Gasteiger partial charge in [0.15, 0.2) is 0 Å². The minimum absolute atomic E-state index is 0.346. The predicted molar refractivity (Wildman–Crippen MR) is 91.2 cm³/mol. The average Bonchev–Trinajstić information content (AvgIpc) is 2.53. The van der Waals surface area contributed by atoms with Crippen molar-refractivity contribution < 1.29 is 5.11 Å². The SMILES string of the molecule is C#Cc1ccc([C@@H](O)CCCCCCCCCCC)cc1. The molecule has 21 heavy (non-hydrogen) atoms. The molecule has 0 aliphatic heterocycles. The van der Waals surface area contributed by atoms with Gasteiger partial charge in [-0.3, -0.25) is 0 Å². The van der Waals surface area contributed by atoms with Gasteiger partial charge < -0.3 is 5.11 Å². The smallest absolute Gasteiger partial charge is 0.0790 e. The quantitative estimate of drug-likeness (QED) is 0.413. The molecule has 0 saturated carbocycles. The Morgan fingerprint density at radius 3 is 1.95 bits per heavy atom. The molecule has 0 unspecified atom stereocenters. The molecule has 0 fully saturated rings. The summed E-state index contributed by atoms with van der Waals surface area (Å²) in [4.78, 5) is 0. The van der Waals surface area contributed by atoms with Crippen molar-refractivity contribution in [3.63, 3.8) is 0 Å². The summed E-state index contributed by atoms with van der Waals surface area (Å²) in [7, 11) is 0. The van der Waals surface area contributed by atoms with Crippen molar-refractivity contribution in [2.45, 2.75) is 77.2 Å². The van der Waals surface area contributed by atoms with Gasteiger partial charge in [0, 0.05) is 5.56 Å². The van der Waals surface area contributed by atoms with Crippen molar-refractivity contribution in [3.05, 3.63) is 35.4 Å². The number of terminal acetylenes is 1. The highest BCUT2D eigenvalue weighted by Crippen LogP contribution is 2.20. The molecule has 0 aromatic heterocycles. The molecule has 0 aliphatic rings. The molecular weight excluding hydrogens is 256 g/mol. The van der Waals surface area contributed by atoms with Crippen LogP contribution in [0.25, 0.3) is 0 Å². The first-order valence-corrected chi connectivity index (χ1v) is 8.52. The molecule has 0 saturated heterocycles. The fraction of sp³-hybridized carbons (Fsp3) is 0.600. The summed E-state index contributed by atoms with van der Waals surface area (Å²) < 4.78 is 0. The second-order valence-corrected chi connectivity index (χ2v) is 5.90. The van der Waals surface area contributed by atoms with E-state index in [0.717, 1.165) is 24.0 Å². The van der Waals surface area contributed by atoms with Gasteiger partial charge >= 0.3 is 0 Å². The lowest BCUT2D eigenvalue weighted by Crippen LogP contribution is -1.97.